The third kappa shape index (κ3) is 2.69. The summed E-state index contributed by atoms with van der Waals surface area (Å²) in [7, 11) is -3.49. The molecule has 1 aliphatic rings. The molecule has 1 atom stereocenters. The molecule has 100 valence electrons. The van der Waals surface area contributed by atoms with Crippen LogP contribution in [0.5, 0.6) is 0 Å². The van der Waals surface area contributed by atoms with Gasteiger partial charge in [0, 0.05) is 23.2 Å². The molecule has 0 aromatic heterocycles. The first kappa shape index (κ1) is 13.8. The summed E-state index contributed by atoms with van der Waals surface area (Å²) in [5.74, 6) is 0. The first-order valence-corrected chi connectivity index (χ1v) is 7.81. The highest BCUT2D eigenvalue weighted by Gasteiger charge is 2.30. The minimum atomic E-state index is -3.49. The Kier molecular flexibility index (Phi) is 3.96. The monoisotopic (exact) mass is 334 g/mol. The molecule has 2 N–H and O–H groups in total. The fourth-order valence-corrected chi connectivity index (χ4v) is 4.42. The molecule has 1 aromatic rings. The van der Waals surface area contributed by atoms with Crippen molar-refractivity contribution in [2.75, 3.05) is 25.4 Å². The molecule has 1 aromatic carbocycles. The van der Waals surface area contributed by atoms with Gasteiger partial charge in [0.1, 0.15) is 0 Å². The molecule has 18 heavy (non-hydrogen) atoms. The number of nitrogens with zero attached hydrogens (tertiary/aromatic N) is 1. The van der Waals surface area contributed by atoms with Crippen LogP contribution in [0.4, 0.5) is 5.69 Å². The number of nitrogens with two attached hydrogens (primary N) is 1. The molecule has 7 heteroatoms. The van der Waals surface area contributed by atoms with Crippen molar-refractivity contribution in [1.29, 1.82) is 0 Å². The number of sulfonamides is 1. The largest absolute Gasteiger partial charge is 0.399 e. The van der Waals surface area contributed by atoms with Crippen molar-refractivity contribution in [2.24, 2.45) is 0 Å². The molecule has 0 radical (unpaired) electrons. The molecule has 1 heterocycles. The Hall–Kier alpha value is -0.630. The number of morpholine rings is 1. The Balaban J connectivity index is 2.35. The maximum absolute atomic E-state index is 12.5. The van der Waals surface area contributed by atoms with Gasteiger partial charge in [-0.15, -0.1) is 0 Å². The van der Waals surface area contributed by atoms with Gasteiger partial charge in [-0.3, -0.25) is 0 Å². The molecular formula is C11H15BrN2O3S. The van der Waals surface area contributed by atoms with E-state index < -0.39 is 10.0 Å². The van der Waals surface area contributed by atoms with Crippen LogP contribution in [0.2, 0.25) is 0 Å². The second-order valence-electron chi connectivity index (χ2n) is 4.23. The van der Waals surface area contributed by atoms with Crippen LogP contribution >= 0.6 is 15.9 Å². The third-order valence-electron chi connectivity index (χ3n) is 2.78. The van der Waals surface area contributed by atoms with Gasteiger partial charge in [0.15, 0.2) is 0 Å². The van der Waals surface area contributed by atoms with Crippen molar-refractivity contribution in [3.05, 3.63) is 22.7 Å². The molecule has 1 aliphatic heterocycles. The van der Waals surface area contributed by atoms with E-state index in [0.717, 1.165) is 0 Å². The van der Waals surface area contributed by atoms with Gasteiger partial charge in [-0.05, 0) is 41.1 Å². The van der Waals surface area contributed by atoms with Crippen LogP contribution in [0, 0.1) is 0 Å². The molecule has 0 amide bonds. The molecule has 2 rings (SSSR count). The van der Waals surface area contributed by atoms with Crippen molar-refractivity contribution in [3.8, 4) is 0 Å². The summed E-state index contributed by atoms with van der Waals surface area (Å²) in [5, 5.41) is 0. The number of ether oxygens (including phenoxy) is 1. The number of hydrogen-bond donors (Lipinski definition) is 1. The summed E-state index contributed by atoms with van der Waals surface area (Å²) in [6.07, 6.45) is -0.0823. The molecule has 1 saturated heterocycles. The van der Waals surface area contributed by atoms with Crippen LogP contribution in [0.3, 0.4) is 0 Å². The van der Waals surface area contributed by atoms with Crippen LogP contribution in [0.1, 0.15) is 6.92 Å². The highest BCUT2D eigenvalue weighted by molar-refractivity contribution is 9.10. The standard InChI is InChI=1S/C11H15BrN2O3S/c1-8-7-14(4-5-17-8)18(15,16)11-3-2-9(13)6-10(11)12/h2-3,6,8H,4-5,7,13H2,1H3. The quantitative estimate of drug-likeness (QED) is 0.830. The topological polar surface area (TPSA) is 72.6 Å². The summed E-state index contributed by atoms with van der Waals surface area (Å²) in [6.45, 7) is 3.04. The van der Waals surface area contributed by atoms with Crippen molar-refractivity contribution in [1.82, 2.24) is 4.31 Å². The van der Waals surface area contributed by atoms with E-state index in [9.17, 15) is 8.42 Å². The van der Waals surface area contributed by atoms with Crippen molar-refractivity contribution in [2.45, 2.75) is 17.9 Å². The SMILES string of the molecule is CC1CN(S(=O)(=O)c2ccc(N)cc2Br)CCO1. The highest BCUT2D eigenvalue weighted by atomic mass is 79.9. The van der Waals surface area contributed by atoms with Crippen LogP contribution in [0.25, 0.3) is 0 Å². The molecule has 0 bridgehead atoms. The van der Waals surface area contributed by atoms with Gasteiger partial charge >= 0.3 is 0 Å². The molecule has 5 nitrogen and oxygen atoms in total. The van der Waals surface area contributed by atoms with Crippen LogP contribution in [-0.2, 0) is 14.8 Å². The van der Waals surface area contributed by atoms with E-state index in [4.69, 9.17) is 10.5 Å². The second-order valence-corrected chi connectivity index (χ2v) is 7.00. The molecule has 0 aliphatic carbocycles. The molecule has 0 spiro atoms. The van der Waals surface area contributed by atoms with Gasteiger partial charge in [-0.25, -0.2) is 8.42 Å². The summed E-state index contributed by atoms with van der Waals surface area (Å²) >= 11 is 3.25. The van der Waals surface area contributed by atoms with Crippen LogP contribution in [0.15, 0.2) is 27.6 Å². The lowest BCUT2D eigenvalue weighted by molar-refractivity contribution is 0.0102. The summed E-state index contributed by atoms with van der Waals surface area (Å²) in [6, 6.07) is 4.70. The number of rotatable bonds is 2. The summed E-state index contributed by atoms with van der Waals surface area (Å²) < 4.78 is 32.2. The van der Waals surface area contributed by atoms with Gasteiger partial charge in [0.25, 0.3) is 0 Å². The maximum atomic E-state index is 12.5. The van der Waals surface area contributed by atoms with E-state index >= 15 is 0 Å². The van der Waals surface area contributed by atoms with E-state index in [-0.39, 0.29) is 11.0 Å². The average molecular weight is 335 g/mol. The molecule has 1 unspecified atom stereocenters. The Morgan fingerprint density at radius 2 is 2.22 bits per heavy atom. The Morgan fingerprint density at radius 3 is 2.83 bits per heavy atom. The lowest BCUT2D eigenvalue weighted by atomic mass is 10.3. The fourth-order valence-electron chi connectivity index (χ4n) is 1.87. The summed E-state index contributed by atoms with van der Waals surface area (Å²) in [4.78, 5) is 0.241. The van der Waals surface area contributed by atoms with Crippen molar-refractivity contribution in [3.63, 3.8) is 0 Å². The number of benzene rings is 1. The highest BCUT2D eigenvalue weighted by Crippen LogP contribution is 2.27. The van der Waals surface area contributed by atoms with Gasteiger partial charge < -0.3 is 10.5 Å². The maximum Gasteiger partial charge on any atom is 0.244 e. The Labute approximate surface area is 115 Å². The minimum absolute atomic E-state index is 0.0823. The summed E-state index contributed by atoms with van der Waals surface area (Å²) in [5.41, 5.74) is 6.14. The van der Waals surface area contributed by atoms with Gasteiger partial charge in [-0.2, -0.15) is 4.31 Å². The van der Waals surface area contributed by atoms with Crippen molar-refractivity contribution >= 4 is 31.6 Å². The van der Waals surface area contributed by atoms with E-state index in [1.807, 2.05) is 6.92 Å². The first-order valence-electron chi connectivity index (χ1n) is 5.58. The van der Waals surface area contributed by atoms with Crippen LogP contribution < -0.4 is 5.73 Å². The van der Waals surface area contributed by atoms with Gasteiger partial charge in [-0.1, -0.05) is 0 Å². The zero-order valence-corrected chi connectivity index (χ0v) is 12.4. The molecular weight excluding hydrogens is 320 g/mol. The van der Waals surface area contributed by atoms with E-state index in [0.29, 0.717) is 29.9 Å². The predicted octanol–water partition coefficient (Wildman–Crippen LogP) is 1.44. The molecule has 1 fully saturated rings. The number of nitrogen functional groups attached to an aromatic ring is 1. The fraction of sp³-hybridized carbons (Fsp3) is 0.455. The predicted molar refractivity (Wildman–Crippen MR) is 72.7 cm³/mol. The first-order chi connectivity index (χ1) is 8.41. The number of hydrogen-bond acceptors (Lipinski definition) is 4. The Morgan fingerprint density at radius 1 is 1.50 bits per heavy atom. The Bertz CT molecular complexity index is 547. The lowest BCUT2D eigenvalue weighted by Crippen LogP contribution is -2.44. The van der Waals surface area contributed by atoms with E-state index in [1.165, 1.54) is 10.4 Å². The second kappa shape index (κ2) is 5.16. The van der Waals surface area contributed by atoms with E-state index in [2.05, 4.69) is 15.9 Å². The van der Waals surface area contributed by atoms with Crippen molar-refractivity contribution < 1.29 is 13.2 Å². The van der Waals surface area contributed by atoms with Crippen LogP contribution in [-0.4, -0.2) is 38.5 Å². The van der Waals surface area contributed by atoms with Gasteiger partial charge in [0.2, 0.25) is 10.0 Å². The zero-order valence-electron chi connectivity index (χ0n) is 9.97. The minimum Gasteiger partial charge on any atom is -0.399 e. The lowest BCUT2D eigenvalue weighted by Gasteiger charge is -2.30. The third-order valence-corrected chi connectivity index (χ3v) is 5.62. The number of anilines is 1. The van der Waals surface area contributed by atoms with Gasteiger partial charge in [0.05, 0.1) is 17.6 Å². The normalized spacial score (nSPS) is 22.0. The average Bonchev–Trinajstić information content (AvgIpc) is 2.28. The smallest absolute Gasteiger partial charge is 0.244 e. The molecule has 0 saturated carbocycles. The van der Waals surface area contributed by atoms with E-state index in [1.54, 1.807) is 12.1 Å². The number of halogens is 1. The zero-order chi connectivity index (χ0) is 13.3.